The lowest BCUT2D eigenvalue weighted by atomic mass is 10.1. The highest BCUT2D eigenvalue weighted by Gasteiger charge is 2.25. The molecular formula is C23H34FN3O3. The van der Waals surface area contributed by atoms with E-state index in [4.69, 9.17) is 4.74 Å². The highest BCUT2D eigenvalue weighted by molar-refractivity contribution is 6.00. The van der Waals surface area contributed by atoms with Crippen LogP contribution in [0.4, 0.5) is 4.39 Å². The second kappa shape index (κ2) is 11.4. The lowest BCUT2D eigenvalue weighted by Crippen LogP contribution is -2.50. The summed E-state index contributed by atoms with van der Waals surface area (Å²) in [5.41, 5.74) is 1.04. The molecule has 7 heteroatoms. The van der Waals surface area contributed by atoms with Crippen LogP contribution in [0.5, 0.6) is 5.75 Å². The Kier molecular flexibility index (Phi) is 8.63. The number of ether oxygens (including phenoxy) is 1. The van der Waals surface area contributed by atoms with Crippen LogP contribution in [0.25, 0.3) is 0 Å². The number of carbonyl (C=O) groups is 2. The Hall–Kier alpha value is -1.99. The molecule has 3 rings (SSSR count). The quantitative estimate of drug-likeness (QED) is 0.338. The molecule has 1 aliphatic heterocycles. The molecule has 3 N–H and O–H groups in total. The number of halogens is 1. The molecule has 166 valence electrons. The zero-order valence-electron chi connectivity index (χ0n) is 17.8. The first-order valence-electron chi connectivity index (χ1n) is 11.3. The monoisotopic (exact) mass is 419 g/mol. The average molecular weight is 420 g/mol. The van der Waals surface area contributed by atoms with Crippen molar-refractivity contribution in [3.05, 3.63) is 29.6 Å². The van der Waals surface area contributed by atoms with Gasteiger partial charge in [0.25, 0.3) is 0 Å². The van der Waals surface area contributed by atoms with Crippen LogP contribution in [0.3, 0.4) is 0 Å². The minimum atomic E-state index is -0.294. The fourth-order valence-electron chi connectivity index (χ4n) is 3.60. The average Bonchev–Trinajstić information content (AvgIpc) is 3.55. The van der Waals surface area contributed by atoms with E-state index >= 15 is 0 Å². The van der Waals surface area contributed by atoms with E-state index in [9.17, 15) is 14.0 Å². The van der Waals surface area contributed by atoms with E-state index in [0.29, 0.717) is 31.1 Å². The van der Waals surface area contributed by atoms with Crippen molar-refractivity contribution in [3.63, 3.8) is 0 Å². The molecule has 0 radical (unpaired) electrons. The van der Waals surface area contributed by atoms with Crippen molar-refractivity contribution >= 4 is 11.8 Å². The number of hydrogen-bond donors (Lipinski definition) is 3. The van der Waals surface area contributed by atoms with Crippen molar-refractivity contribution in [1.82, 2.24) is 16.0 Å². The normalized spacial score (nSPS) is 20.1. The van der Waals surface area contributed by atoms with Gasteiger partial charge in [-0.15, -0.1) is 0 Å². The summed E-state index contributed by atoms with van der Waals surface area (Å²) in [7, 11) is 0. The molecule has 1 unspecified atom stereocenters. The topological polar surface area (TPSA) is 79.5 Å². The number of rotatable bonds is 13. The molecule has 2 aliphatic rings. The molecule has 1 saturated carbocycles. The van der Waals surface area contributed by atoms with Gasteiger partial charge in [0.15, 0.2) is 11.6 Å². The molecule has 2 fully saturated rings. The fourth-order valence-corrected chi connectivity index (χ4v) is 3.60. The van der Waals surface area contributed by atoms with Crippen LogP contribution in [-0.4, -0.2) is 37.6 Å². The summed E-state index contributed by atoms with van der Waals surface area (Å²) in [6.45, 7) is 4.38. The maximum atomic E-state index is 13.9. The van der Waals surface area contributed by atoms with E-state index in [2.05, 4.69) is 22.9 Å². The molecule has 0 bridgehead atoms. The van der Waals surface area contributed by atoms with Gasteiger partial charge >= 0.3 is 0 Å². The van der Waals surface area contributed by atoms with Crippen LogP contribution < -0.4 is 20.7 Å². The van der Waals surface area contributed by atoms with Crippen molar-refractivity contribution in [2.45, 2.75) is 70.4 Å². The third-order valence-electron chi connectivity index (χ3n) is 5.81. The standard InChI is InChI=1S/C23H34FN3O3/c1-16(18-8-9-19(24)21(14-18)30-15-17-6-7-17)25-12-4-2-3-5-13-26-20-10-11-22(28)27-23(20)29/h8-9,14,16-17,20,25-26H,2-7,10-13,15H2,1H3,(H,27,28,29)/t16-,20?/m1/s1. The molecule has 1 saturated heterocycles. The zero-order chi connectivity index (χ0) is 21.3. The number of benzene rings is 1. The Morgan fingerprint density at radius 1 is 1.13 bits per heavy atom. The molecule has 1 aromatic rings. The number of hydrogen-bond acceptors (Lipinski definition) is 5. The van der Waals surface area contributed by atoms with Gasteiger partial charge in [-0.05, 0) is 75.7 Å². The molecule has 1 heterocycles. The van der Waals surface area contributed by atoms with Gasteiger partial charge in [-0.25, -0.2) is 4.39 Å². The first-order chi connectivity index (χ1) is 14.5. The third kappa shape index (κ3) is 7.36. The van der Waals surface area contributed by atoms with E-state index in [-0.39, 0.29) is 29.7 Å². The summed E-state index contributed by atoms with van der Waals surface area (Å²) in [4.78, 5) is 22.8. The van der Waals surface area contributed by atoms with Crippen molar-refractivity contribution < 1.29 is 18.7 Å². The highest BCUT2D eigenvalue weighted by Crippen LogP contribution is 2.31. The molecule has 0 aromatic heterocycles. The zero-order valence-corrected chi connectivity index (χ0v) is 17.8. The lowest BCUT2D eigenvalue weighted by Gasteiger charge is -2.21. The third-order valence-corrected chi connectivity index (χ3v) is 5.81. The van der Waals surface area contributed by atoms with Gasteiger partial charge in [0.2, 0.25) is 11.8 Å². The maximum Gasteiger partial charge on any atom is 0.243 e. The largest absolute Gasteiger partial charge is 0.490 e. The predicted molar refractivity (Wildman–Crippen MR) is 114 cm³/mol. The Morgan fingerprint density at radius 2 is 1.90 bits per heavy atom. The van der Waals surface area contributed by atoms with E-state index in [0.717, 1.165) is 44.3 Å². The molecule has 2 atom stereocenters. The number of nitrogens with one attached hydrogen (secondary N) is 3. The Morgan fingerprint density at radius 3 is 2.63 bits per heavy atom. The Bertz CT molecular complexity index is 724. The summed E-state index contributed by atoms with van der Waals surface area (Å²) in [5.74, 6) is 0.283. The Balaban J connectivity index is 1.25. The van der Waals surface area contributed by atoms with E-state index in [1.165, 1.54) is 18.9 Å². The summed E-state index contributed by atoms with van der Waals surface area (Å²) >= 11 is 0. The van der Waals surface area contributed by atoms with Gasteiger partial charge in [0.1, 0.15) is 0 Å². The summed E-state index contributed by atoms with van der Waals surface area (Å²) in [6, 6.07) is 5.03. The summed E-state index contributed by atoms with van der Waals surface area (Å²) in [5, 5.41) is 9.09. The minimum Gasteiger partial charge on any atom is -0.490 e. The van der Waals surface area contributed by atoms with Crippen LogP contribution in [-0.2, 0) is 9.59 Å². The van der Waals surface area contributed by atoms with Crippen LogP contribution in [0.1, 0.15) is 69.9 Å². The van der Waals surface area contributed by atoms with Crippen molar-refractivity contribution in [2.24, 2.45) is 5.92 Å². The molecule has 1 aliphatic carbocycles. The molecule has 1 aromatic carbocycles. The molecule has 30 heavy (non-hydrogen) atoms. The highest BCUT2D eigenvalue weighted by atomic mass is 19.1. The molecular weight excluding hydrogens is 385 g/mol. The van der Waals surface area contributed by atoms with Gasteiger partial charge in [-0.2, -0.15) is 0 Å². The first kappa shape index (κ1) is 22.7. The molecule has 0 spiro atoms. The second-order valence-electron chi connectivity index (χ2n) is 8.49. The second-order valence-corrected chi connectivity index (χ2v) is 8.49. The summed E-state index contributed by atoms with van der Waals surface area (Å²) < 4.78 is 19.6. The number of imide groups is 1. The van der Waals surface area contributed by atoms with Crippen molar-refractivity contribution in [1.29, 1.82) is 0 Å². The van der Waals surface area contributed by atoms with Gasteiger partial charge in [-0.3, -0.25) is 14.9 Å². The molecule has 6 nitrogen and oxygen atoms in total. The van der Waals surface area contributed by atoms with Crippen LogP contribution >= 0.6 is 0 Å². The van der Waals surface area contributed by atoms with Crippen LogP contribution in [0.15, 0.2) is 18.2 Å². The van der Waals surface area contributed by atoms with Gasteiger partial charge in [-0.1, -0.05) is 18.9 Å². The number of unbranched alkanes of at least 4 members (excludes halogenated alkanes) is 3. The minimum absolute atomic E-state index is 0.142. The van der Waals surface area contributed by atoms with Gasteiger partial charge < -0.3 is 15.4 Å². The summed E-state index contributed by atoms with van der Waals surface area (Å²) in [6.07, 6.45) is 7.64. The lowest BCUT2D eigenvalue weighted by molar-refractivity contribution is -0.134. The van der Waals surface area contributed by atoms with Crippen LogP contribution in [0.2, 0.25) is 0 Å². The fraction of sp³-hybridized carbons (Fsp3) is 0.652. The number of amides is 2. The van der Waals surface area contributed by atoms with E-state index < -0.39 is 0 Å². The molecule has 2 amide bonds. The predicted octanol–water partition coefficient (Wildman–Crippen LogP) is 3.22. The maximum absolute atomic E-state index is 13.9. The van der Waals surface area contributed by atoms with Gasteiger partial charge in [0.05, 0.1) is 12.6 Å². The van der Waals surface area contributed by atoms with Gasteiger partial charge in [0, 0.05) is 12.5 Å². The number of piperidine rings is 1. The number of carbonyl (C=O) groups excluding carboxylic acids is 2. The van der Waals surface area contributed by atoms with E-state index in [1.54, 1.807) is 0 Å². The SMILES string of the molecule is C[C@@H](NCCCCCCNC1CCC(=O)NC1=O)c1ccc(F)c(OCC2CC2)c1. The van der Waals surface area contributed by atoms with E-state index in [1.807, 2.05) is 12.1 Å². The first-order valence-corrected chi connectivity index (χ1v) is 11.3. The van der Waals surface area contributed by atoms with Crippen molar-refractivity contribution in [3.8, 4) is 5.75 Å². The Labute approximate surface area is 178 Å². The smallest absolute Gasteiger partial charge is 0.243 e. The van der Waals surface area contributed by atoms with Crippen molar-refractivity contribution in [2.75, 3.05) is 19.7 Å². The van der Waals surface area contributed by atoms with Crippen LogP contribution in [0, 0.1) is 11.7 Å².